The van der Waals surface area contributed by atoms with E-state index in [0.717, 1.165) is 11.1 Å². The zero-order valence-corrected chi connectivity index (χ0v) is 22.9. The van der Waals surface area contributed by atoms with Crippen molar-refractivity contribution in [2.75, 3.05) is 21.3 Å². The number of benzene rings is 4. The Morgan fingerprint density at radius 1 is 0.650 bits per heavy atom. The van der Waals surface area contributed by atoms with Crippen LogP contribution in [0.3, 0.4) is 0 Å². The molecule has 0 saturated heterocycles. The van der Waals surface area contributed by atoms with Gasteiger partial charge in [0.05, 0.1) is 21.3 Å². The van der Waals surface area contributed by atoms with Gasteiger partial charge >= 0.3 is 0 Å². The maximum Gasteiger partial charge on any atom is 0.205 e. The molecule has 0 bridgehead atoms. The summed E-state index contributed by atoms with van der Waals surface area (Å²) in [6.45, 7) is 2.44. The lowest BCUT2D eigenvalue weighted by Gasteiger charge is -2.17. The topological polar surface area (TPSA) is 76.4 Å². The van der Waals surface area contributed by atoms with Crippen LogP contribution in [0.25, 0.3) is 22.3 Å². The molecular formula is C33H30O7. The van der Waals surface area contributed by atoms with Crippen molar-refractivity contribution < 1.29 is 28.1 Å². The molecule has 204 valence electrons. The molecule has 7 heteroatoms. The van der Waals surface area contributed by atoms with Crippen LogP contribution in [0.1, 0.15) is 16.7 Å². The molecule has 1 heterocycles. The Bertz CT molecular complexity index is 1680. The van der Waals surface area contributed by atoms with E-state index < -0.39 is 0 Å². The monoisotopic (exact) mass is 538 g/mol. The summed E-state index contributed by atoms with van der Waals surface area (Å²) in [5, 5.41) is 0.282. The zero-order chi connectivity index (χ0) is 28.1. The van der Waals surface area contributed by atoms with Gasteiger partial charge in [0.2, 0.25) is 5.75 Å². The number of fused-ring (bicyclic) bond motifs is 1. The van der Waals surface area contributed by atoms with Crippen LogP contribution in [0.2, 0.25) is 0 Å². The van der Waals surface area contributed by atoms with Gasteiger partial charge in [-0.25, -0.2) is 0 Å². The minimum atomic E-state index is -0.231. The van der Waals surface area contributed by atoms with Gasteiger partial charge in [0, 0.05) is 17.2 Å². The molecule has 0 aliphatic heterocycles. The fourth-order valence-electron chi connectivity index (χ4n) is 4.51. The van der Waals surface area contributed by atoms with Gasteiger partial charge in [0.25, 0.3) is 0 Å². The Labute approximate surface area is 232 Å². The maximum absolute atomic E-state index is 13.6. The molecule has 0 amide bonds. The van der Waals surface area contributed by atoms with Gasteiger partial charge in [0.15, 0.2) is 28.3 Å². The van der Waals surface area contributed by atoms with Crippen LogP contribution >= 0.6 is 0 Å². The van der Waals surface area contributed by atoms with Crippen LogP contribution in [-0.2, 0) is 13.2 Å². The van der Waals surface area contributed by atoms with Gasteiger partial charge < -0.3 is 28.1 Å². The molecule has 40 heavy (non-hydrogen) atoms. The SMILES string of the molecule is COc1cc(OC)c2c(=O)c(C)c(-c3ccc(OCc4ccccc4)c(OCc4ccccc4)c3)oc2c1OC. The summed E-state index contributed by atoms with van der Waals surface area (Å²) in [5.74, 6) is 2.51. The maximum atomic E-state index is 13.6. The molecule has 0 spiro atoms. The van der Waals surface area contributed by atoms with E-state index in [2.05, 4.69) is 0 Å². The molecule has 0 N–H and O–H groups in total. The molecule has 0 aliphatic rings. The fraction of sp³-hybridized carbons (Fsp3) is 0.182. The Morgan fingerprint density at radius 3 is 1.82 bits per heavy atom. The number of rotatable bonds is 10. The van der Waals surface area contributed by atoms with Gasteiger partial charge in [-0.2, -0.15) is 0 Å². The molecule has 7 nitrogen and oxygen atoms in total. The number of hydrogen-bond donors (Lipinski definition) is 0. The first-order valence-corrected chi connectivity index (χ1v) is 12.8. The van der Waals surface area contributed by atoms with E-state index in [1.54, 1.807) is 13.0 Å². The van der Waals surface area contributed by atoms with Crippen molar-refractivity contribution in [2.45, 2.75) is 20.1 Å². The Morgan fingerprint density at radius 2 is 1.25 bits per heavy atom. The van der Waals surface area contributed by atoms with E-state index in [1.807, 2.05) is 78.9 Å². The number of methoxy groups -OCH3 is 3. The van der Waals surface area contributed by atoms with Crippen molar-refractivity contribution in [2.24, 2.45) is 0 Å². The second-order valence-electron chi connectivity index (χ2n) is 9.11. The normalized spacial score (nSPS) is 10.8. The number of hydrogen-bond acceptors (Lipinski definition) is 7. The van der Waals surface area contributed by atoms with Crippen LogP contribution in [0, 0.1) is 6.92 Å². The lowest BCUT2D eigenvalue weighted by atomic mass is 10.0. The Hall–Kier alpha value is -4.91. The van der Waals surface area contributed by atoms with E-state index in [1.165, 1.54) is 21.3 Å². The second kappa shape index (κ2) is 11.9. The standard InChI is InChI=1S/C33H30O7/c1-21-30(34)29-27(35-2)18-28(36-3)32(37-4)33(29)40-31(21)24-15-16-25(38-19-22-11-7-5-8-12-22)26(17-24)39-20-23-13-9-6-10-14-23/h5-18H,19-20H2,1-4H3. The van der Waals surface area contributed by atoms with Gasteiger partial charge in [-0.3, -0.25) is 4.79 Å². The van der Waals surface area contributed by atoms with Crippen molar-refractivity contribution in [3.63, 3.8) is 0 Å². The number of ether oxygens (including phenoxy) is 5. The van der Waals surface area contributed by atoms with Crippen molar-refractivity contribution in [3.05, 3.63) is 112 Å². The van der Waals surface area contributed by atoms with E-state index in [9.17, 15) is 4.79 Å². The first kappa shape index (κ1) is 26.7. The van der Waals surface area contributed by atoms with E-state index in [-0.39, 0.29) is 16.4 Å². The lowest BCUT2D eigenvalue weighted by molar-refractivity contribution is 0.256. The summed E-state index contributed by atoms with van der Waals surface area (Å²) < 4.78 is 35.3. The largest absolute Gasteiger partial charge is 0.496 e. The average Bonchev–Trinajstić information content (AvgIpc) is 3.00. The molecule has 4 aromatic carbocycles. The minimum Gasteiger partial charge on any atom is -0.496 e. The van der Waals surface area contributed by atoms with Crippen LogP contribution in [0.4, 0.5) is 0 Å². The van der Waals surface area contributed by atoms with Crippen molar-refractivity contribution in [1.82, 2.24) is 0 Å². The first-order valence-electron chi connectivity index (χ1n) is 12.8. The summed E-state index contributed by atoms with van der Waals surface area (Å²) in [6, 6.07) is 26.9. The van der Waals surface area contributed by atoms with Crippen LogP contribution in [-0.4, -0.2) is 21.3 Å². The third-order valence-electron chi connectivity index (χ3n) is 6.60. The van der Waals surface area contributed by atoms with Crippen LogP contribution in [0.15, 0.2) is 94.1 Å². The minimum absolute atomic E-state index is 0.231. The van der Waals surface area contributed by atoms with E-state index >= 15 is 0 Å². The molecule has 0 fully saturated rings. The molecule has 0 unspecified atom stereocenters. The molecule has 0 aliphatic carbocycles. The smallest absolute Gasteiger partial charge is 0.205 e. The molecule has 1 aromatic heterocycles. The zero-order valence-electron chi connectivity index (χ0n) is 22.9. The Kier molecular flexibility index (Phi) is 7.92. The predicted molar refractivity (Wildman–Crippen MR) is 154 cm³/mol. The fourth-order valence-corrected chi connectivity index (χ4v) is 4.51. The highest BCUT2D eigenvalue weighted by molar-refractivity contribution is 5.93. The van der Waals surface area contributed by atoms with Gasteiger partial charge in [-0.15, -0.1) is 0 Å². The van der Waals surface area contributed by atoms with Crippen molar-refractivity contribution in [1.29, 1.82) is 0 Å². The summed E-state index contributed by atoms with van der Waals surface area (Å²) in [6.07, 6.45) is 0. The highest BCUT2D eigenvalue weighted by Gasteiger charge is 2.23. The Balaban J connectivity index is 1.61. The van der Waals surface area contributed by atoms with Crippen LogP contribution in [0.5, 0.6) is 28.7 Å². The average molecular weight is 539 g/mol. The molecule has 5 aromatic rings. The highest BCUT2D eigenvalue weighted by Crippen LogP contribution is 2.43. The molecule has 0 saturated carbocycles. The van der Waals surface area contributed by atoms with Crippen molar-refractivity contribution >= 4 is 11.0 Å². The summed E-state index contributed by atoms with van der Waals surface area (Å²) in [4.78, 5) is 13.6. The summed E-state index contributed by atoms with van der Waals surface area (Å²) in [7, 11) is 4.51. The van der Waals surface area contributed by atoms with Crippen molar-refractivity contribution in [3.8, 4) is 40.1 Å². The van der Waals surface area contributed by atoms with E-state index in [4.69, 9.17) is 28.1 Å². The summed E-state index contributed by atoms with van der Waals surface area (Å²) in [5.41, 5.74) is 3.12. The van der Waals surface area contributed by atoms with Gasteiger partial charge in [-0.1, -0.05) is 60.7 Å². The third kappa shape index (κ3) is 5.31. The van der Waals surface area contributed by atoms with Crippen LogP contribution < -0.4 is 29.1 Å². The molecular weight excluding hydrogens is 508 g/mol. The molecule has 0 atom stereocenters. The van der Waals surface area contributed by atoms with Gasteiger partial charge in [0.1, 0.15) is 30.1 Å². The highest BCUT2D eigenvalue weighted by atomic mass is 16.5. The first-order chi connectivity index (χ1) is 19.5. The quantitative estimate of drug-likeness (QED) is 0.190. The van der Waals surface area contributed by atoms with Gasteiger partial charge in [-0.05, 0) is 36.2 Å². The second-order valence-corrected chi connectivity index (χ2v) is 9.11. The lowest BCUT2D eigenvalue weighted by Crippen LogP contribution is -2.10. The molecule has 5 rings (SSSR count). The molecule has 0 radical (unpaired) electrons. The van der Waals surface area contributed by atoms with E-state index in [0.29, 0.717) is 58.8 Å². The summed E-state index contributed by atoms with van der Waals surface area (Å²) >= 11 is 0. The third-order valence-corrected chi connectivity index (χ3v) is 6.60. The predicted octanol–water partition coefficient (Wildman–Crippen LogP) is 6.95.